The van der Waals surface area contributed by atoms with E-state index in [1.165, 1.54) is 25.1 Å². The summed E-state index contributed by atoms with van der Waals surface area (Å²) in [5, 5.41) is 13.6. The summed E-state index contributed by atoms with van der Waals surface area (Å²) in [7, 11) is 0. The van der Waals surface area contributed by atoms with Gasteiger partial charge in [-0.15, -0.1) is 0 Å². The summed E-state index contributed by atoms with van der Waals surface area (Å²) in [6.45, 7) is 2.84. The fourth-order valence-electron chi connectivity index (χ4n) is 2.20. The van der Waals surface area contributed by atoms with Gasteiger partial charge in [0.15, 0.2) is 6.61 Å². The molecule has 0 heterocycles. The fraction of sp³-hybridized carbons (Fsp3) is 0.176. The van der Waals surface area contributed by atoms with Crippen LogP contribution in [0.4, 0.5) is 11.4 Å². The standard InChI is InChI=1S/C17H15IN2O5/c1-10-8-12(18)6-7-14(10)19-16(21)9-25-17(22)13-4-3-5-15(11(13)2)20(23)24/h3-8H,9H2,1-2H3,(H,19,21). The van der Waals surface area contributed by atoms with Gasteiger partial charge in [0.05, 0.1) is 10.5 Å². The molecule has 0 unspecified atom stereocenters. The highest BCUT2D eigenvalue weighted by Crippen LogP contribution is 2.22. The van der Waals surface area contributed by atoms with Gasteiger partial charge in [0.1, 0.15) is 0 Å². The van der Waals surface area contributed by atoms with Crippen LogP contribution in [0.2, 0.25) is 0 Å². The SMILES string of the molecule is Cc1cc(I)ccc1NC(=O)COC(=O)c1cccc([N+](=O)[O-])c1C. The second kappa shape index (κ2) is 8.06. The van der Waals surface area contributed by atoms with E-state index in [2.05, 4.69) is 27.9 Å². The minimum atomic E-state index is -0.782. The Kier molecular flexibility index (Phi) is 6.07. The molecule has 1 N–H and O–H groups in total. The van der Waals surface area contributed by atoms with E-state index in [4.69, 9.17) is 4.74 Å². The van der Waals surface area contributed by atoms with Gasteiger partial charge < -0.3 is 10.1 Å². The molecule has 0 radical (unpaired) electrons. The van der Waals surface area contributed by atoms with Crippen LogP contribution >= 0.6 is 22.6 Å². The molecule has 0 spiro atoms. The number of nitrogens with zero attached hydrogens (tertiary/aromatic N) is 1. The van der Waals surface area contributed by atoms with Crippen molar-refractivity contribution >= 4 is 45.8 Å². The van der Waals surface area contributed by atoms with E-state index in [9.17, 15) is 19.7 Å². The first-order valence-electron chi connectivity index (χ1n) is 7.26. The number of rotatable bonds is 5. The lowest BCUT2D eigenvalue weighted by Gasteiger charge is -2.10. The number of amides is 1. The summed E-state index contributed by atoms with van der Waals surface area (Å²) in [4.78, 5) is 34.4. The Bertz CT molecular complexity index is 851. The third-order valence-corrected chi connectivity index (χ3v) is 4.19. The minimum absolute atomic E-state index is 0.0624. The van der Waals surface area contributed by atoms with Crippen LogP contribution in [0.1, 0.15) is 21.5 Å². The maximum atomic E-state index is 12.1. The van der Waals surface area contributed by atoms with E-state index in [1.807, 2.05) is 19.1 Å². The summed E-state index contributed by atoms with van der Waals surface area (Å²) >= 11 is 2.17. The summed E-state index contributed by atoms with van der Waals surface area (Å²) in [6.07, 6.45) is 0. The Morgan fingerprint density at radius 1 is 1.24 bits per heavy atom. The fourth-order valence-corrected chi connectivity index (χ4v) is 2.85. The van der Waals surface area contributed by atoms with Crippen LogP contribution < -0.4 is 5.32 Å². The first kappa shape index (κ1) is 18.8. The number of nitrogens with one attached hydrogen (secondary N) is 1. The molecule has 0 aliphatic rings. The minimum Gasteiger partial charge on any atom is -0.452 e. The Morgan fingerprint density at radius 2 is 1.96 bits per heavy atom. The number of benzene rings is 2. The van der Waals surface area contributed by atoms with Crippen molar-refractivity contribution in [1.29, 1.82) is 0 Å². The molecular weight excluding hydrogens is 439 g/mol. The molecule has 130 valence electrons. The van der Waals surface area contributed by atoms with E-state index < -0.39 is 23.4 Å². The Morgan fingerprint density at radius 3 is 2.60 bits per heavy atom. The number of anilines is 1. The molecule has 0 saturated heterocycles. The van der Waals surface area contributed by atoms with E-state index in [1.54, 1.807) is 6.07 Å². The largest absolute Gasteiger partial charge is 0.452 e. The molecule has 0 atom stereocenters. The second-order valence-electron chi connectivity index (χ2n) is 5.29. The number of ether oxygens (including phenoxy) is 1. The molecule has 2 aromatic rings. The quantitative estimate of drug-likeness (QED) is 0.322. The molecule has 2 aromatic carbocycles. The van der Waals surface area contributed by atoms with E-state index in [-0.39, 0.29) is 16.8 Å². The van der Waals surface area contributed by atoms with E-state index >= 15 is 0 Å². The molecule has 7 nitrogen and oxygen atoms in total. The summed E-state index contributed by atoms with van der Waals surface area (Å²) in [6, 6.07) is 9.65. The van der Waals surface area contributed by atoms with Crippen molar-refractivity contribution in [3.63, 3.8) is 0 Å². The van der Waals surface area contributed by atoms with Gasteiger partial charge in [-0.05, 0) is 66.3 Å². The predicted octanol–water partition coefficient (Wildman–Crippen LogP) is 3.61. The van der Waals surface area contributed by atoms with Crippen molar-refractivity contribution in [1.82, 2.24) is 0 Å². The zero-order chi connectivity index (χ0) is 18.6. The van der Waals surface area contributed by atoms with Crippen LogP contribution in [0.3, 0.4) is 0 Å². The van der Waals surface area contributed by atoms with Gasteiger partial charge in [-0.1, -0.05) is 6.07 Å². The second-order valence-corrected chi connectivity index (χ2v) is 6.54. The number of nitro benzene ring substituents is 1. The van der Waals surface area contributed by atoms with Gasteiger partial charge in [0.25, 0.3) is 11.6 Å². The van der Waals surface area contributed by atoms with Gasteiger partial charge in [0.2, 0.25) is 0 Å². The molecule has 0 saturated carbocycles. The Labute approximate surface area is 157 Å². The number of carbonyl (C=O) groups excluding carboxylic acids is 2. The Balaban J connectivity index is 2.01. The van der Waals surface area contributed by atoms with Gasteiger partial charge >= 0.3 is 5.97 Å². The highest BCUT2D eigenvalue weighted by Gasteiger charge is 2.19. The third kappa shape index (κ3) is 4.75. The molecule has 0 fully saturated rings. The van der Waals surface area contributed by atoms with Crippen LogP contribution in [0.25, 0.3) is 0 Å². The number of hydrogen-bond donors (Lipinski definition) is 1. The lowest BCUT2D eigenvalue weighted by molar-refractivity contribution is -0.385. The lowest BCUT2D eigenvalue weighted by Crippen LogP contribution is -2.21. The summed E-state index contributed by atoms with van der Waals surface area (Å²) < 4.78 is 6.01. The van der Waals surface area contributed by atoms with Crippen molar-refractivity contribution in [2.45, 2.75) is 13.8 Å². The zero-order valence-corrected chi connectivity index (χ0v) is 15.7. The number of carbonyl (C=O) groups is 2. The van der Waals surface area contributed by atoms with Crippen molar-refractivity contribution in [3.8, 4) is 0 Å². The Hall–Kier alpha value is -2.49. The van der Waals surface area contributed by atoms with Crippen molar-refractivity contribution < 1.29 is 19.2 Å². The topological polar surface area (TPSA) is 98.5 Å². The predicted molar refractivity (Wildman–Crippen MR) is 101 cm³/mol. The van der Waals surface area contributed by atoms with Crippen LogP contribution in [0.15, 0.2) is 36.4 Å². The molecule has 0 aliphatic carbocycles. The van der Waals surface area contributed by atoms with Crippen LogP contribution in [0, 0.1) is 27.5 Å². The highest BCUT2D eigenvalue weighted by atomic mass is 127. The highest BCUT2D eigenvalue weighted by molar-refractivity contribution is 14.1. The molecular formula is C17H15IN2O5. The monoisotopic (exact) mass is 454 g/mol. The van der Waals surface area contributed by atoms with Gasteiger partial charge in [-0.3, -0.25) is 14.9 Å². The smallest absolute Gasteiger partial charge is 0.339 e. The van der Waals surface area contributed by atoms with Crippen molar-refractivity contribution in [3.05, 3.63) is 66.8 Å². The first-order valence-corrected chi connectivity index (χ1v) is 8.34. The van der Waals surface area contributed by atoms with Gasteiger partial charge in [-0.2, -0.15) is 0 Å². The van der Waals surface area contributed by atoms with Gasteiger partial charge in [0, 0.05) is 20.9 Å². The molecule has 0 aromatic heterocycles. The average Bonchev–Trinajstić information content (AvgIpc) is 2.55. The molecule has 1 amide bonds. The maximum Gasteiger partial charge on any atom is 0.339 e. The summed E-state index contributed by atoms with van der Waals surface area (Å²) in [5.74, 6) is -1.27. The number of aryl methyl sites for hydroxylation is 1. The number of halogens is 1. The zero-order valence-electron chi connectivity index (χ0n) is 13.5. The molecule has 0 bridgehead atoms. The maximum absolute atomic E-state index is 12.1. The van der Waals surface area contributed by atoms with Gasteiger partial charge in [-0.25, -0.2) is 4.79 Å². The molecule has 8 heteroatoms. The van der Waals surface area contributed by atoms with E-state index in [0.29, 0.717) is 5.69 Å². The van der Waals surface area contributed by atoms with Crippen LogP contribution in [0.5, 0.6) is 0 Å². The normalized spacial score (nSPS) is 10.2. The summed E-state index contributed by atoms with van der Waals surface area (Å²) in [5.41, 5.74) is 1.61. The third-order valence-electron chi connectivity index (χ3n) is 3.52. The van der Waals surface area contributed by atoms with E-state index in [0.717, 1.165) is 9.13 Å². The lowest BCUT2D eigenvalue weighted by atomic mass is 10.1. The molecule has 25 heavy (non-hydrogen) atoms. The number of nitro groups is 1. The van der Waals surface area contributed by atoms with Crippen LogP contribution in [-0.4, -0.2) is 23.4 Å². The van der Waals surface area contributed by atoms with Crippen LogP contribution in [-0.2, 0) is 9.53 Å². The molecule has 0 aliphatic heterocycles. The average molecular weight is 454 g/mol. The molecule has 2 rings (SSSR count). The van der Waals surface area contributed by atoms with Crippen molar-refractivity contribution in [2.75, 3.05) is 11.9 Å². The first-order chi connectivity index (χ1) is 11.8. The number of hydrogen-bond acceptors (Lipinski definition) is 5. The number of esters is 1. The van der Waals surface area contributed by atoms with Crippen molar-refractivity contribution in [2.24, 2.45) is 0 Å².